The van der Waals surface area contributed by atoms with E-state index in [4.69, 9.17) is 46.4 Å². The van der Waals surface area contributed by atoms with Gasteiger partial charge >= 0.3 is 5.97 Å². The standard InChI is InChI=1S/C26H19Cl4N3O3/c1-14-23(25(34)31-21(26(35)36)12-16-4-2-3-5-19(16)29)32-33(22-11-10-18(28)13-20(22)30)24(14)15-6-8-17(27)9-7-15/h2-11,13,21H,12H2,1H3,(H,31,34)(H,35,36)/t21-/m1/s1. The van der Waals surface area contributed by atoms with E-state index in [1.54, 1.807) is 73.7 Å². The number of carboxylic acids is 1. The highest BCUT2D eigenvalue weighted by Gasteiger charge is 2.27. The van der Waals surface area contributed by atoms with Crippen LogP contribution in [0.25, 0.3) is 16.9 Å². The second kappa shape index (κ2) is 10.9. The van der Waals surface area contributed by atoms with E-state index in [0.29, 0.717) is 42.6 Å². The molecular formula is C26H19Cl4N3O3. The van der Waals surface area contributed by atoms with E-state index in [2.05, 4.69) is 10.4 Å². The molecule has 1 atom stereocenters. The molecule has 3 aromatic carbocycles. The Balaban J connectivity index is 1.76. The lowest BCUT2D eigenvalue weighted by molar-refractivity contribution is -0.139. The Kier molecular flexibility index (Phi) is 7.91. The lowest BCUT2D eigenvalue weighted by Crippen LogP contribution is -2.42. The van der Waals surface area contributed by atoms with Crippen LogP contribution in [-0.4, -0.2) is 32.8 Å². The monoisotopic (exact) mass is 561 g/mol. The number of benzene rings is 3. The minimum atomic E-state index is -1.22. The normalized spacial score (nSPS) is 11.8. The van der Waals surface area contributed by atoms with E-state index in [0.717, 1.165) is 5.56 Å². The second-order valence-corrected chi connectivity index (χ2v) is 9.68. The zero-order valence-corrected chi connectivity index (χ0v) is 21.8. The number of aromatic nitrogens is 2. The maximum atomic E-state index is 13.3. The van der Waals surface area contributed by atoms with Gasteiger partial charge in [-0.2, -0.15) is 5.10 Å². The first-order valence-electron chi connectivity index (χ1n) is 10.7. The average molecular weight is 563 g/mol. The van der Waals surface area contributed by atoms with E-state index in [1.807, 2.05) is 0 Å². The Hall–Kier alpha value is -3.03. The highest BCUT2D eigenvalue weighted by atomic mass is 35.5. The van der Waals surface area contributed by atoms with Crippen molar-refractivity contribution in [3.63, 3.8) is 0 Å². The van der Waals surface area contributed by atoms with Gasteiger partial charge in [-0.15, -0.1) is 0 Å². The van der Waals surface area contributed by atoms with Crippen LogP contribution in [0.3, 0.4) is 0 Å². The van der Waals surface area contributed by atoms with Crippen LogP contribution in [-0.2, 0) is 11.2 Å². The quantitative estimate of drug-likeness (QED) is 0.257. The molecule has 10 heteroatoms. The van der Waals surface area contributed by atoms with Crippen LogP contribution in [0, 0.1) is 6.92 Å². The number of amides is 1. The van der Waals surface area contributed by atoms with Gasteiger partial charge in [0.05, 0.1) is 16.4 Å². The first-order valence-corrected chi connectivity index (χ1v) is 12.2. The summed E-state index contributed by atoms with van der Waals surface area (Å²) in [5.41, 5.74) is 3.02. The summed E-state index contributed by atoms with van der Waals surface area (Å²) in [6, 6.07) is 17.6. The predicted octanol–water partition coefficient (Wildman–Crippen LogP) is 6.89. The molecular weight excluding hydrogens is 544 g/mol. The molecule has 0 unspecified atom stereocenters. The number of carbonyl (C=O) groups excluding carboxylic acids is 1. The Morgan fingerprint density at radius 2 is 1.61 bits per heavy atom. The predicted molar refractivity (Wildman–Crippen MR) is 143 cm³/mol. The van der Waals surface area contributed by atoms with Crippen molar-refractivity contribution in [2.24, 2.45) is 0 Å². The van der Waals surface area contributed by atoms with E-state index in [-0.39, 0.29) is 12.1 Å². The van der Waals surface area contributed by atoms with Crippen LogP contribution in [0.4, 0.5) is 0 Å². The maximum Gasteiger partial charge on any atom is 0.326 e. The highest BCUT2D eigenvalue weighted by molar-refractivity contribution is 6.35. The Labute approximate surface area is 227 Å². The van der Waals surface area contributed by atoms with Crippen molar-refractivity contribution < 1.29 is 14.7 Å². The summed E-state index contributed by atoms with van der Waals surface area (Å²) >= 11 is 24.8. The van der Waals surface area contributed by atoms with Crippen LogP contribution < -0.4 is 5.32 Å². The largest absolute Gasteiger partial charge is 0.480 e. The summed E-state index contributed by atoms with van der Waals surface area (Å²) < 4.78 is 1.54. The average Bonchev–Trinajstić information content (AvgIpc) is 3.17. The summed E-state index contributed by atoms with van der Waals surface area (Å²) in [5, 5.41) is 18.6. The smallest absolute Gasteiger partial charge is 0.326 e. The summed E-state index contributed by atoms with van der Waals surface area (Å²) in [7, 11) is 0. The fourth-order valence-corrected chi connectivity index (χ4v) is 4.62. The number of carbonyl (C=O) groups is 2. The number of rotatable bonds is 7. The highest BCUT2D eigenvalue weighted by Crippen LogP contribution is 2.33. The lowest BCUT2D eigenvalue weighted by Gasteiger charge is -2.15. The topological polar surface area (TPSA) is 84.2 Å². The van der Waals surface area contributed by atoms with Gasteiger partial charge in [-0.1, -0.05) is 76.7 Å². The fourth-order valence-electron chi connectivity index (χ4n) is 3.80. The fraction of sp³-hybridized carbons (Fsp3) is 0.115. The van der Waals surface area contributed by atoms with Crippen LogP contribution in [0.15, 0.2) is 66.7 Å². The SMILES string of the molecule is Cc1c(C(=O)N[C@H](Cc2ccccc2Cl)C(=O)O)nn(-c2ccc(Cl)cc2Cl)c1-c1ccc(Cl)cc1. The number of hydrogen-bond donors (Lipinski definition) is 2. The molecule has 1 amide bonds. The molecule has 2 N–H and O–H groups in total. The third-order valence-corrected chi connectivity index (χ3v) is 6.74. The lowest BCUT2D eigenvalue weighted by atomic mass is 10.0. The molecule has 0 radical (unpaired) electrons. The molecule has 0 bridgehead atoms. The van der Waals surface area contributed by atoms with Crippen molar-refractivity contribution in [2.45, 2.75) is 19.4 Å². The van der Waals surface area contributed by atoms with E-state index in [1.165, 1.54) is 4.68 Å². The van der Waals surface area contributed by atoms with Gasteiger partial charge in [-0.05, 0) is 48.9 Å². The van der Waals surface area contributed by atoms with Gasteiger partial charge in [0.2, 0.25) is 0 Å². The molecule has 0 spiro atoms. The molecule has 0 saturated heterocycles. The molecule has 4 aromatic rings. The number of halogens is 4. The van der Waals surface area contributed by atoms with Gasteiger partial charge in [0.25, 0.3) is 5.91 Å². The van der Waals surface area contributed by atoms with Crippen LogP contribution in [0.5, 0.6) is 0 Å². The Morgan fingerprint density at radius 3 is 2.25 bits per heavy atom. The molecule has 0 aliphatic rings. The van der Waals surface area contributed by atoms with Crippen molar-refractivity contribution in [2.75, 3.05) is 0 Å². The number of nitrogens with one attached hydrogen (secondary N) is 1. The van der Waals surface area contributed by atoms with Gasteiger partial charge < -0.3 is 10.4 Å². The molecule has 1 heterocycles. The molecule has 4 rings (SSSR count). The van der Waals surface area contributed by atoms with Gasteiger partial charge in [0.1, 0.15) is 6.04 Å². The molecule has 6 nitrogen and oxygen atoms in total. The number of carboxylic acid groups (broad SMARTS) is 1. The molecule has 0 aliphatic carbocycles. The first kappa shape index (κ1) is 26.0. The summed E-state index contributed by atoms with van der Waals surface area (Å²) in [6.45, 7) is 1.73. The Morgan fingerprint density at radius 1 is 0.944 bits per heavy atom. The first-order chi connectivity index (χ1) is 17.2. The molecule has 184 valence electrons. The number of nitrogens with zero attached hydrogens (tertiary/aromatic N) is 2. The number of aliphatic carboxylic acids is 1. The number of hydrogen-bond acceptors (Lipinski definition) is 3. The van der Waals surface area contributed by atoms with Gasteiger partial charge in [0, 0.05) is 32.6 Å². The van der Waals surface area contributed by atoms with Gasteiger partial charge in [-0.3, -0.25) is 4.79 Å². The third-order valence-electron chi connectivity index (χ3n) is 5.58. The maximum absolute atomic E-state index is 13.3. The Bertz CT molecular complexity index is 1450. The van der Waals surface area contributed by atoms with E-state index in [9.17, 15) is 14.7 Å². The van der Waals surface area contributed by atoms with Crippen LogP contribution in [0.1, 0.15) is 21.6 Å². The molecule has 0 aliphatic heterocycles. The third kappa shape index (κ3) is 5.52. The summed E-state index contributed by atoms with van der Waals surface area (Å²) in [4.78, 5) is 25.3. The zero-order chi connectivity index (χ0) is 26.0. The van der Waals surface area contributed by atoms with Crippen molar-refractivity contribution in [3.05, 3.63) is 104 Å². The van der Waals surface area contributed by atoms with E-state index < -0.39 is 17.9 Å². The van der Waals surface area contributed by atoms with Crippen molar-refractivity contribution in [1.82, 2.24) is 15.1 Å². The van der Waals surface area contributed by atoms with Gasteiger partial charge in [-0.25, -0.2) is 9.48 Å². The minimum absolute atomic E-state index is 0.00750. The molecule has 0 fully saturated rings. The van der Waals surface area contributed by atoms with E-state index >= 15 is 0 Å². The summed E-state index contributed by atoms with van der Waals surface area (Å²) in [6.07, 6.45) is 0.00750. The minimum Gasteiger partial charge on any atom is -0.480 e. The van der Waals surface area contributed by atoms with Gasteiger partial charge in [0.15, 0.2) is 5.69 Å². The van der Waals surface area contributed by atoms with Crippen molar-refractivity contribution >= 4 is 58.3 Å². The molecule has 36 heavy (non-hydrogen) atoms. The zero-order valence-electron chi connectivity index (χ0n) is 18.8. The molecule has 0 saturated carbocycles. The van der Waals surface area contributed by atoms with Crippen LogP contribution in [0.2, 0.25) is 20.1 Å². The van der Waals surface area contributed by atoms with Crippen molar-refractivity contribution in [1.29, 1.82) is 0 Å². The van der Waals surface area contributed by atoms with Crippen LogP contribution >= 0.6 is 46.4 Å². The van der Waals surface area contributed by atoms with Crippen molar-refractivity contribution in [3.8, 4) is 16.9 Å². The molecule has 1 aromatic heterocycles. The summed E-state index contributed by atoms with van der Waals surface area (Å²) in [5.74, 6) is -1.84. The second-order valence-electron chi connectivity index (χ2n) is 8.00.